The summed E-state index contributed by atoms with van der Waals surface area (Å²) in [5.41, 5.74) is 2.36. The van der Waals surface area contributed by atoms with Crippen LogP contribution in [0.2, 0.25) is 0 Å². The van der Waals surface area contributed by atoms with Crippen molar-refractivity contribution in [1.29, 1.82) is 0 Å². The molecule has 1 aromatic carbocycles. The van der Waals surface area contributed by atoms with Crippen LogP contribution in [0.4, 0.5) is 17.6 Å². The van der Waals surface area contributed by atoms with E-state index in [1.807, 2.05) is 6.08 Å². The van der Waals surface area contributed by atoms with Gasteiger partial charge in [0, 0.05) is 0 Å². The normalized spacial score (nSPS) is 31.8. The van der Waals surface area contributed by atoms with Gasteiger partial charge < -0.3 is 4.74 Å². The summed E-state index contributed by atoms with van der Waals surface area (Å²) in [7, 11) is 0. The maximum Gasteiger partial charge on any atom is 0.161 e. The monoisotopic (exact) mass is 472 g/mol. The van der Waals surface area contributed by atoms with Gasteiger partial charge >= 0.3 is 0 Å². The Morgan fingerprint density at radius 2 is 1.47 bits per heavy atom. The zero-order chi connectivity index (χ0) is 24.2. The molecule has 1 nitrogen and oxygen atoms in total. The van der Waals surface area contributed by atoms with Crippen LogP contribution in [0.1, 0.15) is 50.2 Å². The SMILES string of the molecule is C=CCCC1CCC(C2=CC=C(c3ccc(C4=CC=C(CC)C(F)C4F)cc3)C(F)C2F)OC1. The molecule has 1 aromatic rings. The second-order valence-corrected chi connectivity index (χ2v) is 9.32. The Balaban J connectivity index is 1.48. The van der Waals surface area contributed by atoms with Gasteiger partial charge in [0.25, 0.3) is 0 Å². The second kappa shape index (κ2) is 10.9. The van der Waals surface area contributed by atoms with E-state index in [0.29, 0.717) is 47.6 Å². The van der Waals surface area contributed by atoms with Crippen molar-refractivity contribution in [2.24, 2.45) is 5.92 Å². The van der Waals surface area contributed by atoms with Gasteiger partial charge in [-0.3, -0.25) is 0 Å². The Morgan fingerprint density at radius 3 is 2.03 bits per heavy atom. The predicted molar refractivity (Wildman–Crippen MR) is 130 cm³/mol. The highest BCUT2D eigenvalue weighted by Gasteiger charge is 2.37. The van der Waals surface area contributed by atoms with Crippen LogP contribution in [0.25, 0.3) is 11.1 Å². The van der Waals surface area contributed by atoms with Crippen molar-refractivity contribution in [3.8, 4) is 0 Å². The van der Waals surface area contributed by atoms with Crippen LogP contribution in [-0.2, 0) is 4.74 Å². The van der Waals surface area contributed by atoms with Crippen molar-refractivity contribution in [2.75, 3.05) is 6.61 Å². The molecule has 1 heterocycles. The van der Waals surface area contributed by atoms with Gasteiger partial charge in [-0.1, -0.05) is 61.6 Å². The molecule has 0 radical (unpaired) electrons. The number of benzene rings is 1. The summed E-state index contributed by atoms with van der Waals surface area (Å²) in [4.78, 5) is 0. The van der Waals surface area contributed by atoms with Gasteiger partial charge in [0.1, 0.15) is 0 Å². The predicted octanol–water partition coefficient (Wildman–Crippen LogP) is 7.86. The third-order valence-corrected chi connectivity index (χ3v) is 7.19. The fraction of sp³-hybridized carbons (Fsp3) is 0.448. The number of hydrogen-bond acceptors (Lipinski definition) is 1. The molecule has 1 aliphatic heterocycles. The van der Waals surface area contributed by atoms with Crippen LogP contribution in [-0.4, -0.2) is 37.4 Å². The van der Waals surface area contributed by atoms with Crippen molar-refractivity contribution in [2.45, 2.75) is 69.8 Å². The van der Waals surface area contributed by atoms with Gasteiger partial charge in [0.15, 0.2) is 24.7 Å². The molecular weight excluding hydrogens is 440 g/mol. The minimum Gasteiger partial charge on any atom is -0.373 e. The average Bonchev–Trinajstić information content (AvgIpc) is 2.87. The summed E-state index contributed by atoms with van der Waals surface area (Å²) < 4.78 is 65.1. The van der Waals surface area contributed by atoms with E-state index >= 15 is 8.78 Å². The number of ether oxygens (including phenoxy) is 1. The molecule has 0 aromatic heterocycles. The quantitative estimate of drug-likeness (QED) is 0.290. The van der Waals surface area contributed by atoms with Crippen molar-refractivity contribution in [3.63, 3.8) is 0 Å². The van der Waals surface area contributed by atoms with E-state index in [1.54, 1.807) is 55.5 Å². The van der Waals surface area contributed by atoms with Crippen LogP contribution in [0.5, 0.6) is 0 Å². The lowest BCUT2D eigenvalue weighted by molar-refractivity contribution is -0.00636. The topological polar surface area (TPSA) is 9.23 Å². The van der Waals surface area contributed by atoms with Crippen LogP contribution in [0.3, 0.4) is 0 Å². The zero-order valence-electron chi connectivity index (χ0n) is 19.5. The Morgan fingerprint density at radius 1 is 0.853 bits per heavy atom. The summed E-state index contributed by atoms with van der Waals surface area (Å²) in [6.07, 6.45) is 5.01. The molecule has 0 saturated carbocycles. The molecule has 0 N–H and O–H groups in total. The van der Waals surface area contributed by atoms with Crippen LogP contribution >= 0.6 is 0 Å². The minimum atomic E-state index is -1.80. The van der Waals surface area contributed by atoms with E-state index in [9.17, 15) is 8.78 Å². The first kappa shape index (κ1) is 24.7. The lowest BCUT2D eigenvalue weighted by Gasteiger charge is -2.34. The van der Waals surface area contributed by atoms with E-state index in [-0.39, 0.29) is 11.1 Å². The highest BCUT2D eigenvalue weighted by atomic mass is 19.2. The second-order valence-electron chi connectivity index (χ2n) is 9.32. The van der Waals surface area contributed by atoms with Crippen molar-refractivity contribution in [1.82, 2.24) is 0 Å². The molecule has 4 rings (SSSR count). The first-order chi connectivity index (χ1) is 16.4. The molecule has 2 aliphatic carbocycles. The summed E-state index contributed by atoms with van der Waals surface area (Å²) in [6, 6.07) is 6.55. The number of halogens is 4. The smallest absolute Gasteiger partial charge is 0.161 e. The first-order valence-electron chi connectivity index (χ1n) is 12.2. The number of rotatable bonds is 7. The van der Waals surface area contributed by atoms with E-state index in [1.165, 1.54) is 0 Å². The molecule has 34 heavy (non-hydrogen) atoms. The molecule has 0 amide bonds. The summed E-state index contributed by atoms with van der Waals surface area (Å²) in [5, 5.41) is 0. The van der Waals surface area contributed by atoms with Crippen LogP contribution < -0.4 is 0 Å². The summed E-state index contributed by atoms with van der Waals surface area (Å²) in [6.45, 7) is 6.09. The van der Waals surface area contributed by atoms with E-state index < -0.39 is 30.8 Å². The Kier molecular flexibility index (Phi) is 7.92. The van der Waals surface area contributed by atoms with Crippen LogP contribution in [0.15, 0.2) is 72.4 Å². The fourth-order valence-corrected chi connectivity index (χ4v) is 5.04. The Labute approximate surface area is 199 Å². The first-order valence-corrected chi connectivity index (χ1v) is 12.2. The molecular formula is C29H32F4O. The molecule has 1 saturated heterocycles. The van der Waals surface area contributed by atoms with Gasteiger partial charge in [-0.15, -0.1) is 6.58 Å². The average molecular weight is 473 g/mol. The molecule has 6 atom stereocenters. The highest BCUT2D eigenvalue weighted by molar-refractivity contribution is 5.77. The highest BCUT2D eigenvalue weighted by Crippen LogP contribution is 2.38. The number of alkyl halides is 4. The van der Waals surface area contributed by atoms with Crippen LogP contribution in [0, 0.1) is 5.92 Å². The van der Waals surface area contributed by atoms with E-state index in [0.717, 1.165) is 19.3 Å². The fourth-order valence-electron chi connectivity index (χ4n) is 5.04. The maximum absolute atomic E-state index is 15.1. The molecule has 182 valence electrons. The molecule has 5 heteroatoms. The zero-order valence-corrected chi connectivity index (χ0v) is 19.5. The van der Waals surface area contributed by atoms with E-state index in [2.05, 4.69) is 6.58 Å². The van der Waals surface area contributed by atoms with Gasteiger partial charge in [-0.25, -0.2) is 17.6 Å². The summed E-state index contributed by atoms with van der Waals surface area (Å²) >= 11 is 0. The molecule has 0 spiro atoms. The molecule has 0 bridgehead atoms. The van der Waals surface area contributed by atoms with Gasteiger partial charge in [0.2, 0.25) is 0 Å². The molecule has 6 unspecified atom stereocenters. The van der Waals surface area contributed by atoms with Gasteiger partial charge in [-0.05, 0) is 71.4 Å². The van der Waals surface area contributed by atoms with Gasteiger partial charge in [-0.2, -0.15) is 0 Å². The maximum atomic E-state index is 15.1. The van der Waals surface area contributed by atoms with Crippen molar-refractivity contribution in [3.05, 3.63) is 83.5 Å². The standard InChI is InChI=1S/C29H32F4O/c1-3-5-6-18-7-16-25(34-17-18)24-15-14-23(28(32)29(24)33)21-10-8-20(9-11-21)22-13-12-19(4-2)26(30)27(22)31/h3,8-15,18,25-29H,1,4-7,16-17H2,2H3. The largest absolute Gasteiger partial charge is 0.373 e. The molecule has 3 aliphatic rings. The summed E-state index contributed by atoms with van der Waals surface area (Å²) in [5.74, 6) is 0.433. The Bertz CT molecular complexity index is 995. The van der Waals surface area contributed by atoms with Gasteiger partial charge in [0.05, 0.1) is 12.7 Å². The minimum absolute atomic E-state index is 0.244. The molecule has 1 fully saturated rings. The number of allylic oxidation sites excluding steroid dienone is 8. The van der Waals surface area contributed by atoms with Crippen molar-refractivity contribution >= 4 is 11.1 Å². The lowest BCUT2D eigenvalue weighted by Crippen LogP contribution is -2.35. The third kappa shape index (κ3) is 5.00. The Hall–Kier alpha value is -2.40. The van der Waals surface area contributed by atoms with E-state index in [4.69, 9.17) is 4.74 Å². The van der Waals surface area contributed by atoms with Crippen molar-refractivity contribution < 1.29 is 22.3 Å². The third-order valence-electron chi connectivity index (χ3n) is 7.19. The lowest BCUT2D eigenvalue weighted by atomic mass is 9.83. The number of hydrogen-bond donors (Lipinski definition) is 0.